The number of rotatable bonds is 6. The van der Waals surface area contributed by atoms with E-state index in [-0.39, 0.29) is 49.5 Å². The third kappa shape index (κ3) is 6.23. The fourth-order valence-electron chi connectivity index (χ4n) is 9.20. The summed E-state index contributed by atoms with van der Waals surface area (Å²) in [5, 5.41) is 2.07. The van der Waals surface area contributed by atoms with E-state index in [9.17, 15) is 0 Å². The maximum absolute atomic E-state index is 7.13. The van der Waals surface area contributed by atoms with Crippen molar-refractivity contribution in [3.63, 3.8) is 0 Å². The van der Waals surface area contributed by atoms with Crippen molar-refractivity contribution >= 4 is 200 Å². The summed E-state index contributed by atoms with van der Waals surface area (Å²) < 4.78 is 1.80. The van der Waals surface area contributed by atoms with E-state index in [0.717, 1.165) is 38.2 Å². The molecule has 1 aromatic heterocycles. The quantitative estimate of drug-likeness (QED) is 0.141. The number of para-hydroxylation sites is 2. The van der Waals surface area contributed by atoms with Crippen LogP contribution < -0.4 is 43.7 Å². The number of fused-ring (bicyclic) bond motifs is 6. The van der Waals surface area contributed by atoms with Crippen molar-refractivity contribution in [2.24, 2.45) is 0 Å². The first-order valence-corrected chi connectivity index (χ1v) is 20.3. The highest BCUT2D eigenvalue weighted by Crippen LogP contribution is 2.45. The largest absolute Gasteiger partial charge is 0.297 e. The molecule has 15 heteroatoms. The standard InChI is InChI=1S/C49H21B13N2/c50-39-35-33(25-12-7-10-22(19-25)23-11-8-13-26(20-23)64-32-18-6-5-17-31(32)63-47(64)48(58,59)49(60,61)62)36-38(42(53)46(57)44(55)40(36)51)34(37(35)41(52)45(56)43(39)54)30-21-24-9-1-2-14-27(24)28-15-3-4-16-29(28)30/h1-21H. The Hall–Kier alpha value is -5.67. The summed E-state index contributed by atoms with van der Waals surface area (Å²) in [7, 11) is 87.0. The van der Waals surface area contributed by atoms with Crippen LogP contribution in [0.2, 0.25) is 5.11 Å². The topological polar surface area (TPSA) is 17.8 Å². The molecule has 0 aliphatic heterocycles. The van der Waals surface area contributed by atoms with Crippen LogP contribution in [0.5, 0.6) is 0 Å². The second kappa shape index (κ2) is 15.2. The van der Waals surface area contributed by atoms with E-state index in [4.69, 9.17) is 107 Å². The molecule has 0 unspecified atom stereocenters. The number of imidazole rings is 1. The fourth-order valence-corrected chi connectivity index (χ4v) is 9.20. The number of nitrogens with zero attached hydrogens (tertiary/aromatic N) is 2. The van der Waals surface area contributed by atoms with Gasteiger partial charge in [0.25, 0.3) is 0 Å². The van der Waals surface area contributed by atoms with Crippen LogP contribution in [0.25, 0.3) is 93.2 Å². The molecule has 2 nitrogen and oxygen atoms in total. The van der Waals surface area contributed by atoms with Gasteiger partial charge in [0.1, 0.15) is 68.6 Å². The monoisotopic (exact) mass is 780 g/mol. The van der Waals surface area contributed by atoms with Gasteiger partial charge >= 0.3 is 0 Å². The van der Waals surface area contributed by atoms with E-state index in [0.29, 0.717) is 55.0 Å². The van der Waals surface area contributed by atoms with Gasteiger partial charge in [-0.2, -0.15) is 0 Å². The van der Waals surface area contributed by atoms with Crippen molar-refractivity contribution in [2.45, 2.75) is 10.3 Å². The molecule has 0 atom stereocenters. The summed E-state index contributed by atoms with van der Waals surface area (Å²) in [5.41, 5.74) is 7.62. The molecule has 0 spiro atoms. The van der Waals surface area contributed by atoms with E-state index in [1.165, 1.54) is 0 Å². The van der Waals surface area contributed by atoms with Gasteiger partial charge in [0.05, 0.1) is 50.3 Å². The summed E-state index contributed by atoms with van der Waals surface area (Å²) in [6.45, 7) is 0. The van der Waals surface area contributed by atoms with Gasteiger partial charge in [0.2, 0.25) is 0 Å². The molecular formula is C49H21B13N2. The molecule has 0 fully saturated rings. The van der Waals surface area contributed by atoms with Crippen LogP contribution >= 0.6 is 0 Å². The second-order valence-electron chi connectivity index (χ2n) is 16.4. The van der Waals surface area contributed by atoms with E-state index < -0.39 is 10.3 Å². The fraction of sp³-hybridized carbons (Fsp3) is 0.0408. The predicted octanol–water partition coefficient (Wildman–Crippen LogP) is 1.06. The zero-order valence-corrected chi connectivity index (χ0v) is 34.5. The Labute approximate surface area is 389 Å². The van der Waals surface area contributed by atoms with Crippen LogP contribution in [0.4, 0.5) is 0 Å². The van der Waals surface area contributed by atoms with Crippen LogP contribution in [0, 0.1) is 0 Å². The van der Waals surface area contributed by atoms with E-state index >= 15 is 0 Å². The highest BCUT2D eigenvalue weighted by Gasteiger charge is 2.37. The van der Waals surface area contributed by atoms with Crippen LogP contribution in [-0.4, -0.2) is 112 Å². The molecule has 266 valence electrons. The Morgan fingerprint density at radius 3 is 1.50 bits per heavy atom. The van der Waals surface area contributed by atoms with Gasteiger partial charge in [-0.3, -0.25) is 4.57 Å². The van der Waals surface area contributed by atoms with Crippen LogP contribution in [0.1, 0.15) is 5.82 Å². The molecule has 0 amide bonds. The van der Waals surface area contributed by atoms with Gasteiger partial charge in [-0.15, -0.1) is 27.0 Å². The predicted molar refractivity (Wildman–Crippen MR) is 284 cm³/mol. The maximum atomic E-state index is 7.13. The summed E-state index contributed by atoms with van der Waals surface area (Å²) in [5.74, 6) is 0.166. The average Bonchev–Trinajstić information content (AvgIpc) is 3.70. The first-order chi connectivity index (χ1) is 30.5. The zero-order valence-electron chi connectivity index (χ0n) is 34.5. The zero-order chi connectivity index (χ0) is 45.1. The van der Waals surface area contributed by atoms with Crippen molar-refractivity contribution in [3.05, 3.63) is 133 Å². The first-order valence-electron chi connectivity index (χ1n) is 20.3. The minimum absolute atomic E-state index is 0.120. The molecule has 26 radical (unpaired) electrons. The van der Waals surface area contributed by atoms with Crippen LogP contribution in [0.3, 0.4) is 0 Å². The van der Waals surface area contributed by atoms with Gasteiger partial charge in [-0.05, 0) is 113 Å². The molecule has 0 bridgehead atoms. The Morgan fingerprint density at radius 2 is 0.891 bits per heavy atom. The summed E-state index contributed by atoms with van der Waals surface area (Å²) in [6, 6.07) is 41.4. The molecule has 64 heavy (non-hydrogen) atoms. The number of benzene rings is 9. The van der Waals surface area contributed by atoms with Crippen LogP contribution in [-0.2, 0) is 5.21 Å². The van der Waals surface area contributed by atoms with Gasteiger partial charge < -0.3 is 0 Å². The van der Waals surface area contributed by atoms with Crippen molar-refractivity contribution in [2.75, 3.05) is 0 Å². The van der Waals surface area contributed by atoms with Crippen molar-refractivity contribution in [1.82, 2.24) is 9.55 Å². The van der Waals surface area contributed by atoms with Crippen molar-refractivity contribution < 1.29 is 0 Å². The summed E-state index contributed by atoms with van der Waals surface area (Å²) >= 11 is 0. The summed E-state index contributed by atoms with van der Waals surface area (Å²) in [6.07, 6.45) is 0. The second-order valence-corrected chi connectivity index (χ2v) is 16.4. The minimum atomic E-state index is -2.03. The molecule has 10 aromatic rings. The third-order valence-electron chi connectivity index (χ3n) is 12.6. The molecule has 0 aliphatic carbocycles. The van der Waals surface area contributed by atoms with E-state index in [1.807, 2.05) is 97.1 Å². The third-order valence-corrected chi connectivity index (χ3v) is 12.6. The molecule has 1 heterocycles. The van der Waals surface area contributed by atoms with Crippen molar-refractivity contribution in [1.29, 1.82) is 0 Å². The maximum Gasteiger partial charge on any atom is 0.113 e. The smallest absolute Gasteiger partial charge is 0.113 e. The molecule has 10 rings (SSSR count). The molecule has 9 aromatic carbocycles. The molecule has 0 saturated heterocycles. The molecule has 0 saturated carbocycles. The lowest BCUT2D eigenvalue weighted by Crippen LogP contribution is -2.50. The van der Waals surface area contributed by atoms with Gasteiger partial charge in [-0.1, -0.05) is 118 Å². The Kier molecular flexibility index (Phi) is 10.1. The number of aromatic nitrogens is 2. The van der Waals surface area contributed by atoms with E-state index in [1.54, 1.807) is 4.57 Å². The van der Waals surface area contributed by atoms with Crippen molar-refractivity contribution in [3.8, 4) is 39.1 Å². The van der Waals surface area contributed by atoms with Gasteiger partial charge in [0, 0.05) is 5.69 Å². The molecule has 0 N–H and O–H groups in total. The average molecular weight is 778 g/mol. The number of hydrogen-bond acceptors (Lipinski definition) is 1. The Morgan fingerprint density at radius 1 is 0.406 bits per heavy atom. The number of hydrogen-bond donors (Lipinski definition) is 0. The van der Waals surface area contributed by atoms with E-state index in [2.05, 4.69) is 30.3 Å². The van der Waals surface area contributed by atoms with Crippen LogP contribution in [0.15, 0.2) is 127 Å². The lowest BCUT2D eigenvalue weighted by atomic mass is 9.23. The SMILES string of the molecule is [B]c1c([B])c([B])c2c(-c3cc4ccccc4c4ccccc34)c3c([B])c([B])c([B])c([B])c3c(-c3cccc(-c4cccc(-n5c(C([B])([B])C([B])([B])[B])nc6ccccc65)c4)c3)c2c1[B]. The molecule has 0 aliphatic rings. The molecular weight excluding hydrogens is 757 g/mol. The highest BCUT2D eigenvalue weighted by molar-refractivity contribution is 6.71. The Balaban J connectivity index is 1.30. The highest BCUT2D eigenvalue weighted by atomic mass is 15.1. The van der Waals surface area contributed by atoms with Gasteiger partial charge in [0.15, 0.2) is 0 Å². The lowest BCUT2D eigenvalue weighted by molar-refractivity contribution is 0.757. The first kappa shape index (κ1) is 42.3. The minimum Gasteiger partial charge on any atom is -0.297 e. The normalized spacial score (nSPS) is 12.2. The Bertz CT molecular complexity index is 3550. The summed E-state index contributed by atoms with van der Waals surface area (Å²) in [4.78, 5) is 4.75. The van der Waals surface area contributed by atoms with Gasteiger partial charge in [-0.25, -0.2) is 4.98 Å². The lowest BCUT2D eigenvalue weighted by Gasteiger charge is -2.41.